The number of anilines is 1. The van der Waals surface area contributed by atoms with Crippen LogP contribution in [-0.4, -0.2) is 48.9 Å². The molecule has 1 aromatic heterocycles. The van der Waals surface area contributed by atoms with Crippen molar-refractivity contribution < 1.29 is 9.59 Å². The predicted octanol–water partition coefficient (Wildman–Crippen LogP) is 2.93. The number of rotatable bonds is 6. The van der Waals surface area contributed by atoms with Gasteiger partial charge in [-0.3, -0.25) is 14.6 Å². The molecule has 0 saturated carbocycles. The lowest BCUT2D eigenvalue weighted by molar-refractivity contribution is 0.0950. The van der Waals surface area contributed by atoms with Crippen LogP contribution in [0.4, 0.5) is 5.69 Å². The maximum Gasteiger partial charge on any atom is 0.257 e. The molecule has 0 aliphatic carbocycles. The lowest BCUT2D eigenvalue weighted by atomic mass is 10.2. The first-order valence-corrected chi connectivity index (χ1v) is 8.26. The first-order chi connectivity index (χ1) is 11.8. The van der Waals surface area contributed by atoms with Crippen LogP contribution in [0.2, 0.25) is 10.0 Å². The van der Waals surface area contributed by atoms with Crippen molar-refractivity contribution in [3.63, 3.8) is 0 Å². The van der Waals surface area contributed by atoms with Gasteiger partial charge in [-0.25, -0.2) is 0 Å². The first kappa shape index (κ1) is 19.2. The van der Waals surface area contributed by atoms with Gasteiger partial charge in [0.2, 0.25) is 0 Å². The maximum atomic E-state index is 12.3. The highest BCUT2D eigenvalue weighted by Crippen LogP contribution is 2.22. The standard InChI is InChI=1S/C17H18Cl2N4O2/c1-23(2)4-3-21-16(24)11-5-12(10-20-9-11)17(25)22-15-7-13(18)6-14(19)8-15/h5-10H,3-4H2,1-2H3,(H,21,24)(H,22,25). The Labute approximate surface area is 156 Å². The summed E-state index contributed by atoms with van der Waals surface area (Å²) in [5.41, 5.74) is 1.04. The zero-order chi connectivity index (χ0) is 18.4. The topological polar surface area (TPSA) is 74.3 Å². The highest BCUT2D eigenvalue weighted by Gasteiger charge is 2.12. The summed E-state index contributed by atoms with van der Waals surface area (Å²) in [5, 5.41) is 6.28. The molecule has 6 nitrogen and oxygen atoms in total. The number of hydrogen-bond acceptors (Lipinski definition) is 4. The lowest BCUT2D eigenvalue weighted by Crippen LogP contribution is -2.31. The minimum atomic E-state index is -0.409. The molecule has 25 heavy (non-hydrogen) atoms. The summed E-state index contributed by atoms with van der Waals surface area (Å²) in [6.45, 7) is 1.22. The molecule has 0 bridgehead atoms. The van der Waals surface area contributed by atoms with E-state index in [2.05, 4.69) is 15.6 Å². The van der Waals surface area contributed by atoms with Gasteiger partial charge in [-0.2, -0.15) is 0 Å². The molecule has 8 heteroatoms. The molecular formula is C17H18Cl2N4O2. The molecule has 0 aliphatic heterocycles. The normalized spacial score (nSPS) is 10.6. The van der Waals surface area contributed by atoms with E-state index in [1.54, 1.807) is 18.2 Å². The summed E-state index contributed by atoms with van der Waals surface area (Å²) in [5.74, 6) is -0.691. The Kier molecular flexibility index (Phi) is 6.75. The SMILES string of the molecule is CN(C)CCNC(=O)c1cncc(C(=O)Nc2cc(Cl)cc(Cl)c2)c1. The number of aromatic nitrogens is 1. The van der Waals surface area contributed by atoms with Crippen molar-refractivity contribution in [2.24, 2.45) is 0 Å². The predicted molar refractivity (Wildman–Crippen MR) is 99.5 cm³/mol. The molecule has 0 fully saturated rings. The second-order valence-electron chi connectivity index (χ2n) is 5.63. The van der Waals surface area contributed by atoms with E-state index in [1.165, 1.54) is 18.5 Å². The Hall–Kier alpha value is -2.15. The van der Waals surface area contributed by atoms with Crippen LogP contribution >= 0.6 is 23.2 Å². The van der Waals surface area contributed by atoms with Crippen molar-refractivity contribution in [2.45, 2.75) is 0 Å². The van der Waals surface area contributed by atoms with Crippen LogP contribution in [0.5, 0.6) is 0 Å². The maximum absolute atomic E-state index is 12.3. The van der Waals surface area contributed by atoms with Crippen molar-refractivity contribution in [1.82, 2.24) is 15.2 Å². The van der Waals surface area contributed by atoms with Crippen LogP contribution < -0.4 is 10.6 Å². The fraction of sp³-hybridized carbons (Fsp3) is 0.235. The average molecular weight is 381 g/mol. The van der Waals surface area contributed by atoms with Gasteiger partial charge in [0.15, 0.2) is 0 Å². The van der Waals surface area contributed by atoms with Crippen LogP contribution in [0.25, 0.3) is 0 Å². The van der Waals surface area contributed by atoms with E-state index in [4.69, 9.17) is 23.2 Å². The van der Waals surface area contributed by atoms with Crippen LogP contribution in [0, 0.1) is 0 Å². The molecule has 0 unspecified atom stereocenters. The molecule has 0 saturated heterocycles. The van der Waals surface area contributed by atoms with Crippen LogP contribution in [-0.2, 0) is 0 Å². The zero-order valence-electron chi connectivity index (χ0n) is 13.8. The Balaban J connectivity index is 2.06. The van der Waals surface area contributed by atoms with Crippen molar-refractivity contribution in [3.8, 4) is 0 Å². The molecule has 1 heterocycles. The molecule has 2 amide bonds. The van der Waals surface area contributed by atoms with Crippen LogP contribution in [0.1, 0.15) is 20.7 Å². The molecule has 2 aromatic rings. The summed E-state index contributed by atoms with van der Waals surface area (Å²) in [6, 6.07) is 6.21. The highest BCUT2D eigenvalue weighted by atomic mass is 35.5. The monoisotopic (exact) mass is 380 g/mol. The largest absolute Gasteiger partial charge is 0.351 e. The number of carbonyl (C=O) groups is 2. The van der Waals surface area contributed by atoms with Gasteiger partial charge in [-0.1, -0.05) is 23.2 Å². The molecule has 0 atom stereocenters. The van der Waals surface area contributed by atoms with Crippen molar-refractivity contribution in [3.05, 3.63) is 57.8 Å². The Morgan fingerprint density at radius 1 is 1.00 bits per heavy atom. The third-order valence-electron chi connectivity index (χ3n) is 3.23. The van der Waals surface area contributed by atoms with Crippen LogP contribution in [0.15, 0.2) is 36.7 Å². The summed E-state index contributed by atoms with van der Waals surface area (Å²) >= 11 is 11.8. The molecule has 1 aromatic carbocycles. The number of hydrogen-bond donors (Lipinski definition) is 2. The van der Waals surface area contributed by atoms with Gasteiger partial charge in [0.05, 0.1) is 11.1 Å². The fourth-order valence-corrected chi connectivity index (χ4v) is 2.54. The van der Waals surface area contributed by atoms with Gasteiger partial charge < -0.3 is 15.5 Å². The third-order valence-corrected chi connectivity index (χ3v) is 3.66. The Bertz CT molecular complexity index is 761. The average Bonchev–Trinajstić information content (AvgIpc) is 2.53. The molecule has 2 rings (SSSR count). The molecule has 0 spiro atoms. The minimum absolute atomic E-state index is 0.261. The van der Waals surface area contributed by atoms with Gasteiger partial charge >= 0.3 is 0 Å². The fourth-order valence-electron chi connectivity index (χ4n) is 2.01. The van der Waals surface area contributed by atoms with E-state index in [9.17, 15) is 9.59 Å². The number of halogens is 2. The molecular weight excluding hydrogens is 363 g/mol. The van der Waals surface area contributed by atoms with E-state index >= 15 is 0 Å². The van der Waals surface area contributed by atoms with Gasteiger partial charge in [0.1, 0.15) is 0 Å². The summed E-state index contributed by atoms with van der Waals surface area (Å²) < 4.78 is 0. The van der Waals surface area contributed by atoms with Crippen molar-refractivity contribution in [2.75, 3.05) is 32.5 Å². The number of likely N-dealkylation sites (N-methyl/N-ethyl adjacent to an activating group) is 1. The number of benzene rings is 1. The summed E-state index contributed by atoms with van der Waals surface area (Å²) in [7, 11) is 3.83. The van der Waals surface area contributed by atoms with E-state index in [-0.39, 0.29) is 11.5 Å². The third kappa shape index (κ3) is 6.01. The number of nitrogens with zero attached hydrogens (tertiary/aromatic N) is 2. The number of carbonyl (C=O) groups excluding carboxylic acids is 2. The van der Waals surface area contributed by atoms with E-state index in [1.807, 2.05) is 19.0 Å². The Morgan fingerprint density at radius 3 is 2.20 bits per heavy atom. The molecule has 0 aliphatic rings. The lowest BCUT2D eigenvalue weighted by Gasteiger charge is -2.11. The summed E-state index contributed by atoms with van der Waals surface area (Å²) in [6.07, 6.45) is 2.80. The summed E-state index contributed by atoms with van der Waals surface area (Å²) in [4.78, 5) is 30.4. The molecule has 2 N–H and O–H groups in total. The molecule has 132 valence electrons. The molecule has 0 radical (unpaired) electrons. The number of amides is 2. The highest BCUT2D eigenvalue weighted by molar-refractivity contribution is 6.35. The van der Waals surface area contributed by atoms with Crippen LogP contribution in [0.3, 0.4) is 0 Å². The zero-order valence-corrected chi connectivity index (χ0v) is 15.4. The second kappa shape index (κ2) is 8.80. The van der Waals surface area contributed by atoms with Gasteiger partial charge in [0, 0.05) is 41.2 Å². The van der Waals surface area contributed by atoms with E-state index < -0.39 is 5.91 Å². The number of pyridine rings is 1. The van der Waals surface area contributed by atoms with Crippen molar-refractivity contribution >= 4 is 40.7 Å². The first-order valence-electron chi connectivity index (χ1n) is 7.50. The minimum Gasteiger partial charge on any atom is -0.351 e. The van der Waals surface area contributed by atoms with E-state index in [0.717, 1.165) is 6.54 Å². The van der Waals surface area contributed by atoms with Gasteiger partial charge in [-0.15, -0.1) is 0 Å². The van der Waals surface area contributed by atoms with Gasteiger partial charge in [0.25, 0.3) is 11.8 Å². The smallest absolute Gasteiger partial charge is 0.257 e. The van der Waals surface area contributed by atoms with E-state index in [0.29, 0.717) is 27.8 Å². The van der Waals surface area contributed by atoms with Gasteiger partial charge in [-0.05, 0) is 38.4 Å². The quantitative estimate of drug-likeness (QED) is 0.807. The number of nitrogens with one attached hydrogen (secondary N) is 2. The van der Waals surface area contributed by atoms with Crippen molar-refractivity contribution in [1.29, 1.82) is 0 Å². The second-order valence-corrected chi connectivity index (χ2v) is 6.51. The Morgan fingerprint density at radius 2 is 1.60 bits per heavy atom.